The lowest BCUT2D eigenvalue weighted by molar-refractivity contribution is 0.239. The second kappa shape index (κ2) is 12.1. The zero-order chi connectivity index (χ0) is 21.4. The van der Waals surface area contributed by atoms with Gasteiger partial charge in [-0.2, -0.15) is 0 Å². The Kier molecular flexibility index (Phi) is 10.6. The molecule has 0 spiro atoms. The van der Waals surface area contributed by atoms with Gasteiger partial charge in [-0.15, -0.1) is 24.0 Å². The minimum absolute atomic E-state index is 0. The van der Waals surface area contributed by atoms with E-state index in [9.17, 15) is 8.42 Å². The summed E-state index contributed by atoms with van der Waals surface area (Å²) in [5.74, 6) is 1.59. The Labute approximate surface area is 197 Å². The number of aryl methyl sites for hydroxylation is 1. The maximum atomic E-state index is 11.5. The number of guanidine groups is 1. The van der Waals surface area contributed by atoms with Gasteiger partial charge in [-0.3, -0.25) is 4.99 Å². The fraction of sp³-hybridized carbons (Fsp3) is 0.409. The normalized spacial score (nSPS) is 11.7. The van der Waals surface area contributed by atoms with Gasteiger partial charge in [0.25, 0.3) is 0 Å². The van der Waals surface area contributed by atoms with Crippen LogP contribution in [-0.4, -0.2) is 40.3 Å². The van der Waals surface area contributed by atoms with Crippen molar-refractivity contribution in [2.24, 2.45) is 4.99 Å². The summed E-state index contributed by atoms with van der Waals surface area (Å²) in [5, 5.41) is 6.60. The maximum absolute atomic E-state index is 11.5. The van der Waals surface area contributed by atoms with Gasteiger partial charge in [-0.1, -0.05) is 24.3 Å². The van der Waals surface area contributed by atoms with Crippen molar-refractivity contribution in [2.75, 3.05) is 19.8 Å². The molecular formula is C22H32IN3O3S. The van der Waals surface area contributed by atoms with E-state index in [-0.39, 0.29) is 30.1 Å². The van der Waals surface area contributed by atoms with Crippen LogP contribution < -0.4 is 15.4 Å². The van der Waals surface area contributed by atoms with Gasteiger partial charge in [0.2, 0.25) is 0 Å². The third kappa shape index (κ3) is 8.51. The molecule has 0 amide bonds. The Bertz CT molecular complexity index is 943. The van der Waals surface area contributed by atoms with Gasteiger partial charge in [-0.25, -0.2) is 8.42 Å². The maximum Gasteiger partial charge on any atom is 0.191 e. The molecule has 2 aromatic rings. The summed E-state index contributed by atoms with van der Waals surface area (Å²) in [7, 11) is -1.43. The number of hydrogen-bond acceptors (Lipinski definition) is 4. The van der Waals surface area contributed by atoms with Crippen molar-refractivity contribution < 1.29 is 13.2 Å². The summed E-state index contributed by atoms with van der Waals surface area (Å²) in [4.78, 5) is 4.60. The highest BCUT2D eigenvalue weighted by atomic mass is 127. The lowest BCUT2D eigenvalue weighted by Gasteiger charge is -2.17. The van der Waals surface area contributed by atoms with Crippen LogP contribution in [0.2, 0.25) is 0 Å². The highest BCUT2D eigenvalue weighted by Gasteiger charge is 2.08. The second-order valence-corrected chi connectivity index (χ2v) is 9.31. The number of benzene rings is 2. The first-order valence-corrected chi connectivity index (χ1v) is 11.6. The van der Waals surface area contributed by atoms with E-state index in [1.54, 1.807) is 19.2 Å². The molecule has 6 nitrogen and oxygen atoms in total. The first-order chi connectivity index (χ1) is 13.7. The molecule has 0 aromatic heterocycles. The van der Waals surface area contributed by atoms with Gasteiger partial charge in [-0.05, 0) is 56.5 Å². The lowest BCUT2D eigenvalue weighted by Crippen LogP contribution is -2.38. The van der Waals surface area contributed by atoms with Crippen molar-refractivity contribution in [3.8, 4) is 5.75 Å². The van der Waals surface area contributed by atoms with Crippen LogP contribution in [0.3, 0.4) is 0 Å². The van der Waals surface area contributed by atoms with E-state index in [0.29, 0.717) is 23.9 Å². The molecule has 0 aliphatic rings. The van der Waals surface area contributed by atoms with E-state index < -0.39 is 9.84 Å². The van der Waals surface area contributed by atoms with Gasteiger partial charge in [0.15, 0.2) is 15.8 Å². The molecule has 0 heterocycles. The number of aliphatic imine (C=N–C) groups is 1. The first kappa shape index (κ1) is 26.2. The lowest BCUT2D eigenvalue weighted by atomic mass is 10.1. The fourth-order valence-corrected chi connectivity index (χ4v) is 3.43. The first-order valence-electron chi connectivity index (χ1n) is 9.68. The van der Waals surface area contributed by atoms with Gasteiger partial charge in [0.1, 0.15) is 5.75 Å². The smallest absolute Gasteiger partial charge is 0.191 e. The number of hydrogen-bond donors (Lipinski definition) is 2. The second-order valence-electron chi connectivity index (χ2n) is 7.30. The minimum atomic E-state index is -3.16. The number of halogens is 1. The summed E-state index contributed by atoms with van der Waals surface area (Å²) >= 11 is 0. The third-order valence-electron chi connectivity index (χ3n) is 4.31. The molecule has 0 aliphatic heterocycles. The Morgan fingerprint density at radius 3 is 2.33 bits per heavy atom. The number of rotatable bonds is 8. The van der Waals surface area contributed by atoms with Crippen molar-refractivity contribution in [1.82, 2.24) is 10.6 Å². The van der Waals surface area contributed by atoms with Crippen LogP contribution in [0.25, 0.3) is 0 Å². The van der Waals surface area contributed by atoms with Gasteiger partial charge in [0.05, 0.1) is 11.0 Å². The molecule has 0 fully saturated rings. The van der Waals surface area contributed by atoms with Crippen LogP contribution in [0.4, 0.5) is 0 Å². The summed E-state index contributed by atoms with van der Waals surface area (Å²) in [5.41, 5.74) is 3.30. The molecule has 0 unspecified atom stereocenters. The summed E-state index contributed by atoms with van der Waals surface area (Å²) in [6.07, 6.45) is 2.09. The summed E-state index contributed by atoms with van der Waals surface area (Å²) in [6.45, 7) is 7.37. The van der Waals surface area contributed by atoms with Crippen molar-refractivity contribution in [3.05, 3.63) is 59.2 Å². The Balaban J connectivity index is 0.00000450. The Morgan fingerprint density at radius 2 is 1.77 bits per heavy atom. The van der Waals surface area contributed by atoms with E-state index in [1.165, 1.54) is 6.26 Å². The minimum Gasteiger partial charge on any atom is -0.491 e. The number of nitrogens with zero attached hydrogens (tertiary/aromatic N) is 1. The fourth-order valence-electron chi connectivity index (χ4n) is 2.80. The molecule has 0 aliphatic carbocycles. The van der Waals surface area contributed by atoms with E-state index in [2.05, 4.69) is 27.8 Å². The highest BCUT2D eigenvalue weighted by molar-refractivity contribution is 14.0. The molecule has 2 N–H and O–H groups in total. The number of sulfone groups is 1. The SMILES string of the molecule is CN=C(NCCc1ccc(S(C)(=O)=O)cc1)NCc1ccc(C)cc1OC(C)C.I. The molecule has 30 heavy (non-hydrogen) atoms. The standard InChI is InChI=1S/C22H31N3O3S.HI/c1-16(2)28-21-14-17(3)6-9-19(21)15-25-22(23-4)24-13-12-18-7-10-20(11-8-18)29(5,26)27;/h6-11,14,16H,12-13,15H2,1-5H3,(H2,23,24,25);1H. The van der Waals surface area contributed by atoms with Crippen LogP contribution >= 0.6 is 24.0 Å². The zero-order valence-corrected chi connectivity index (χ0v) is 21.4. The van der Waals surface area contributed by atoms with Gasteiger partial charge < -0.3 is 15.4 Å². The van der Waals surface area contributed by atoms with Crippen LogP contribution in [0.15, 0.2) is 52.4 Å². The van der Waals surface area contributed by atoms with E-state index in [0.717, 1.165) is 28.9 Å². The molecule has 0 atom stereocenters. The number of ether oxygens (including phenoxy) is 1. The molecule has 0 saturated carbocycles. The van der Waals surface area contributed by atoms with Gasteiger partial charge in [0, 0.05) is 32.0 Å². The molecule has 0 bridgehead atoms. The van der Waals surface area contributed by atoms with Crippen LogP contribution in [0, 0.1) is 6.92 Å². The molecule has 0 saturated heterocycles. The predicted octanol–water partition coefficient (Wildman–Crippen LogP) is 3.71. The monoisotopic (exact) mass is 545 g/mol. The van der Waals surface area contributed by atoms with Crippen LogP contribution in [-0.2, 0) is 22.8 Å². The van der Waals surface area contributed by atoms with Crippen molar-refractivity contribution in [2.45, 2.75) is 44.7 Å². The van der Waals surface area contributed by atoms with Crippen molar-refractivity contribution in [1.29, 1.82) is 0 Å². The highest BCUT2D eigenvalue weighted by Crippen LogP contribution is 2.21. The van der Waals surface area contributed by atoms with E-state index in [1.807, 2.05) is 39.0 Å². The summed E-state index contributed by atoms with van der Waals surface area (Å²) in [6, 6.07) is 13.2. The van der Waals surface area contributed by atoms with Crippen molar-refractivity contribution in [3.63, 3.8) is 0 Å². The zero-order valence-electron chi connectivity index (χ0n) is 18.2. The topological polar surface area (TPSA) is 79.8 Å². The Morgan fingerprint density at radius 1 is 1.10 bits per heavy atom. The van der Waals surface area contributed by atoms with Crippen LogP contribution in [0.1, 0.15) is 30.5 Å². The summed E-state index contributed by atoms with van der Waals surface area (Å²) < 4.78 is 29.0. The quantitative estimate of drug-likeness (QED) is 0.301. The molecule has 0 radical (unpaired) electrons. The largest absolute Gasteiger partial charge is 0.491 e. The van der Waals surface area contributed by atoms with E-state index >= 15 is 0 Å². The van der Waals surface area contributed by atoms with Crippen LogP contribution in [0.5, 0.6) is 5.75 Å². The Hall–Kier alpha value is -1.81. The molecule has 2 aromatic carbocycles. The van der Waals surface area contributed by atoms with E-state index in [4.69, 9.17) is 4.74 Å². The molecular weight excluding hydrogens is 513 g/mol. The predicted molar refractivity (Wildman–Crippen MR) is 134 cm³/mol. The van der Waals surface area contributed by atoms with Gasteiger partial charge >= 0.3 is 0 Å². The molecule has 8 heteroatoms. The average Bonchev–Trinajstić information content (AvgIpc) is 2.65. The molecule has 166 valence electrons. The van der Waals surface area contributed by atoms with Crippen molar-refractivity contribution >= 4 is 39.8 Å². The third-order valence-corrected chi connectivity index (χ3v) is 5.44. The molecule has 2 rings (SSSR count). The number of nitrogens with one attached hydrogen (secondary N) is 2. The average molecular weight is 545 g/mol.